The van der Waals surface area contributed by atoms with E-state index >= 15 is 0 Å². The van der Waals surface area contributed by atoms with Gasteiger partial charge in [-0.25, -0.2) is 0 Å². The zero-order valence-corrected chi connectivity index (χ0v) is 5.07. The molecular formula is C6H6O4. The second kappa shape index (κ2) is 3.48. The Morgan fingerprint density at radius 2 is 1.80 bits per heavy atom. The Bertz CT molecular complexity index is 183. The van der Waals surface area contributed by atoms with Crippen molar-refractivity contribution in [2.75, 3.05) is 0 Å². The third kappa shape index (κ3) is 2.15. The zero-order chi connectivity index (χ0) is 8.15. The lowest BCUT2D eigenvalue weighted by Crippen LogP contribution is -2.20. The van der Waals surface area contributed by atoms with Gasteiger partial charge in [0.05, 0.1) is 0 Å². The average Bonchev–Trinajstić information content (AvgIpc) is 1.81. The molecule has 0 rings (SSSR count). The van der Waals surface area contributed by atoms with Crippen LogP contribution in [-0.2, 0) is 9.59 Å². The second-order valence-corrected chi connectivity index (χ2v) is 1.52. The Balaban J connectivity index is 4.41. The fraction of sp³-hybridized carbons (Fsp3) is 0.167. The molecule has 0 saturated heterocycles. The maximum Gasteiger partial charge on any atom is 0.322 e. The van der Waals surface area contributed by atoms with Gasteiger partial charge >= 0.3 is 11.9 Å². The monoisotopic (exact) mass is 142 g/mol. The number of carboxylic acid groups (broad SMARTS) is 2. The van der Waals surface area contributed by atoms with Crippen molar-refractivity contribution in [1.82, 2.24) is 0 Å². The van der Waals surface area contributed by atoms with Crippen LogP contribution in [0.25, 0.3) is 0 Å². The Morgan fingerprint density at radius 1 is 1.40 bits per heavy atom. The summed E-state index contributed by atoms with van der Waals surface area (Å²) in [5.74, 6) is -4.36. The molecule has 0 atom stereocenters. The summed E-state index contributed by atoms with van der Waals surface area (Å²) < 4.78 is 0. The maximum absolute atomic E-state index is 10.1. The Hall–Kier alpha value is -1.54. The van der Waals surface area contributed by atoms with E-state index < -0.39 is 17.9 Å². The molecule has 0 aliphatic heterocycles. The molecule has 0 radical (unpaired) electrons. The second-order valence-electron chi connectivity index (χ2n) is 1.52. The molecule has 0 bridgehead atoms. The Morgan fingerprint density at radius 3 is 1.90 bits per heavy atom. The number of hydrogen-bond acceptors (Lipinski definition) is 2. The van der Waals surface area contributed by atoms with E-state index in [-0.39, 0.29) is 0 Å². The quantitative estimate of drug-likeness (QED) is 0.433. The predicted molar refractivity (Wildman–Crippen MR) is 32.5 cm³/mol. The standard InChI is InChI=1S/C6H6O4/c1-2-3-4(5(7)8)6(9)10/h3-4H,1H2,(H,7,8)(H,9,10). The fourth-order valence-corrected chi connectivity index (χ4v) is 0.366. The first-order chi connectivity index (χ1) is 4.59. The summed E-state index contributed by atoms with van der Waals surface area (Å²) in [6.45, 7) is 3.06. The van der Waals surface area contributed by atoms with Gasteiger partial charge in [0, 0.05) is 0 Å². The highest BCUT2D eigenvalue weighted by atomic mass is 16.4. The summed E-state index contributed by atoms with van der Waals surface area (Å²) in [7, 11) is 0. The van der Waals surface area contributed by atoms with E-state index in [1.807, 2.05) is 0 Å². The lowest BCUT2D eigenvalue weighted by molar-refractivity contribution is -0.151. The molecule has 0 aliphatic carbocycles. The highest BCUT2D eigenvalue weighted by Gasteiger charge is 2.21. The summed E-state index contributed by atoms with van der Waals surface area (Å²) in [6.07, 6.45) is 0.880. The zero-order valence-electron chi connectivity index (χ0n) is 5.07. The number of carboxylic acids is 2. The lowest BCUT2D eigenvalue weighted by atomic mass is 10.1. The summed E-state index contributed by atoms with van der Waals surface area (Å²) in [4.78, 5) is 20.1. The van der Waals surface area contributed by atoms with E-state index in [1.165, 1.54) is 0 Å². The molecule has 4 nitrogen and oxygen atoms in total. The first-order valence-electron chi connectivity index (χ1n) is 2.41. The van der Waals surface area contributed by atoms with E-state index in [1.54, 1.807) is 0 Å². The van der Waals surface area contributed by atoms with E-state index in [4.69, 9.17) is 10.2 Å². The summed E-state index contributed by atoms with van der Waals surface area (Å²) in [5.41, 5.74) is 2.09. The Kier molecular flexibility index (Phi) is 2.94. The minimum absolute atomic E-state index is 0.880. The van der Waals surface area contributed by atoms with E-state index in [0.29, 0.717) is 0 Å². The number of hydrogen-bond donors (Lipinski definition) is 2. The smallest absolute Gasteiger partial charge is 0.322 e. The first-order valence-corrected chi connectivity index (χ1v) is 2.41. The summed E-state index contributed by atoms with van der Waals surface area (Å²) >= 11 is 0. The van der Waals surface area contributed by atoms with Gasteiger partial charge in [0.2, 0.25) is 0 Å². The van der Waals surface area contributed by atoms with Gasteiger partial charge in [-0.05, 0) is 6.08 Å². The first kappa shape index (κ1) is 8.46. The van der Waals surface area contributed by atoms with Crippen LogP contribution in [0.2, 0.25) is 0 Å². The van der Waals surface area contributed by atoms with Gasteiger partial charge in [-0.3, -0.25) is 9.59 Å². The van der Waals surface area contributed by atoms with E-state index in [9.17, 15) is 9.59 Å². The van der Waals surface area contributed by atoms with Gasteiger partial charge in [-0.15, -0.1) is 5.73 Å². The predicted octanol–water partition coefficient (Wildman–Crippen LogP) is 0.113. The van der Waals surface area contributed by atoms with Crippen LogP contribution < -0.4 is 0 Å². The number of aliphatic carboxylic acids is 2. The van der Waals surface area contributed by atoms with Crippen molar-refractivity contribution in [3.8, 4) is 0 Å². The van der Waals surface area contributed by atoms with Crippen LogP contribution in [0.1, 0.15) is 0 Å². The van der Waals surface area contributed by atoms with Crippen molar-refractivity contribution >= 4 is 11.9 Å². The minimum atomic E-state index is -1.53. The van der Waals surface area contributed by atoms with Crippen LogP contribution in [0, 0.1) is 5.92 Å². The van der Waals surface area contributed by atoms with Gasteiger partial charge in [0.1, 0.15) is 0 Å². The molecule has 0 aromatic heterocycles. The van der Waals surface area contributed by atoms with Gasteiger partial charge < -0.3 is 10.2 Å². The molecule has 0 unspecified atom stereocenters. The lowest BCUT2D eigenvalue weighted by Gasteiger charge is -1.96. The molecule has 0 saturated carbocycles. The molecule has 4 heteroatoms. The SMILES string of the molecule is C=C=CC(C(=O)O)C(=O)O. The Labute approximate surface area is 57.1 Å². The molecule has 10 heavy (non-hydrogen) atoms. The third-order valence-electron chi connectivity index (χ3n) is 0.817. The average molecular weight is 142 g/mol. The molecule has 54 valence electrons. The molecule has 2 N–H and O–H groups in total. The van der Waals surface area contributed by atoms with Crippen molar-refractivity contribution in [3.05, 3.63) is 18.4 Å². The van der Waals surface area contributed by atoms with Crippen LogP contribution >= 0.6 is 0 Å². The highest BCUT2D eigenvalue weighted by Crippen LogP contribution is 1.96. The van der Waals surface area contributed by atoms with Crippen molar-refractivity contribution in [2.45, 2.75) is 0 Å². The molecule has 0 spiro atoms. The highest BCUT2D eigenvalue weighted by molar-refractivity contribution is 5.94. The fourth-order valence-electron chi connectivity index (χ4n) is 0.366. The van der Waals surface area contributed by atoms with Crippen molar-refractivity contribution in [3.63, 3.8) is 0 Å². The van der Waals surface area contributed by atoms with Crippen molar-refractivity contribution in [1.29, 1.82) is 0 Å². The molecule has 0 aromatic carbocycles. The van der Waals surface area contributed by atoms with Gasteiger partial charge in [-0.2, -0.15) is 0 Å². The van der Waals surface area contributed by atoms with Crippen molar-refractivity contribution in [2.24, 2.45) is 5.92 Å². The van der Waals surface area contributed by atoms with E-state index in [2.05, 4.69) is 12.3 Å². The minimum Gasteiger partial charge on any atom is -0.480 e. The number of carbonyl (C=O) groups is 2. The maximum atomic E-state index is 10.1. The largest absolute Gasteiger partial charge is 0.480 e. The normalized spacial score (nSPS) is 8.50. The molecule has 0 fully saturated rings. The van der Waals surface area contributed by atoms with Gasteiger partial charge in [0.25, 0.3) is 0 Å². The van der Waals surface area contributed by atoms with Crippen LogP contribution in [0.3, 0.4) is 0 Å². The molecule has 0 amide bonds. The van der Waals surface area contributed by atoms with Crippen LogP contribution in [-0.4, -0.2) is 22.2 Å². The number of rotatable bonds is 3. The molecule has 0 aromatic rings. The van der Waals surface area contributed by atoms with Crippen molar-refractivity contribution < 1.29 is 19.8 Å². The molecule has 0 aliphatic rings. The summed E-state index contributed by atoms with van der Waals surface area (Å²) in [5, 5.41) is 16.4. The molecule has 0 heterocycles. The topological polar surface area (TPSA) is 74.6 Å². The van der Waals surface area contributed by atoms with Crippen LogP contribution in [0.4, 0.5) is 0 Å². The van der Waals surface area contributed by atoms with E-state index in [0.717, 1.165) is 6.08 Å². The molecular weight excluding hydrogens is 136 g/mol. The van der Waals surface area contributed by atoms with Gasteiger partial charge in [-0.1, -0.05) is 6.58 Å². The van der Waals surface area contributed by atoms with Gasteiger partial charge in [0.15, 0.2) is 5.92 Å². The van der Waals surface area contributed by atoms with Crippen LogP contribution in [0.5, 0.6) is 0 Å². The summed E-state index contributed by atoms with van der Waals surface area (Å²) in [6, 6.07) is 0. The third-order valence-corrected chi connectivity index (χ3v) is 0.817. The van der Waals surface area contributed by atoms with Crippen LogP contribution in [0.15, 0.2) is 18.4 Å².